The Morgan fingerprint density at radius 1 is 1.18 bits per heavy atom. The Labute approximate surface area is 132 Å². The fourth-order valence-corrected chi connectivity index (χ4v) is 1.86. The van der Waals surface area contributed by atoms with Crippen LogP contribution in [0.1, 0.15) is 5.56 Å². The molecule has 22 heavy (non-hydrogen) atoms. The van der Waals surface area contributed by atoms with E-state index in [9.17, 15) is 4.79 Å². The first kappa shape index (κ1) is 15.7. The third kappa shape index (κ3) is 3.90. The summed E-state index contributed by atoms with van der Waals surface area (Å²) < 4.78 is 15.5. The molecule has 5 nitrogen and oxygen atoms in total. The molecule has 0 aromatic heterocycles. The van der Waals surface area contributed by atoms with Gasteiger partial charge in [0.2, 0.25) is 0 Å². The number of benzene rings is 2. The molecule has 0 saturated carbocycles. The molecule has 0 amide bonds. The highest BCUT2D eigenvalue weighted by atomic mass is 35.5. The molecule has 0 spiro atoms. The second-order valence-electron chi connectivity index (χ2n) is 4.17. The van der Waals surface area contributed by atoms with Gasteiger partial charge in [-0.1, -0.05) is 23.7 Å². The van der Waals surface area contributed by atoms with Crippen LogP contribution in [0.25, 0.3) is 0 Å². The SMILES string of the molecule is COc1cc(C#N)ccc1OC(=O)COc1ccccc1Cl. The van der Waals surface area contributed by atoms with Crippen molar-refractivity contribution in [2.45, 2.75) is 0 Å². The molecule has 2 rings (SSSR count). The first-order valence-corrected chi connectivity index (χ1v) is 6.68. The number of rotatable bonds is 5. The van der Waals surface area contributed by atoms with Gasteiger partial charge in [0.15, 0.2) is 18.1 Å². The van der Waals surface area contributed by atoms with Crippen molar-refractivity contribution in [2.24, 2.45) is 0 Å². The van der Waals surface area contributed by atoms with Crippen molar-refractivity contribution < 1.29 is 19.0 Å². The van der Waals surface area contributed by atoms with E-state index in [1.165, 1.54) is 25.3 Å². The van der Waals surface area contributed by atoms with Crippen molar-refractivity contribution in [1.29, 1.82) is 5.26 Å². The highest BCUT2D eigenvalue weighted by Crippen LogP contribution is 2.28. The number of hydrogen-bond donors (Lipinski definition) is 0. The van der Waals surface area contributed by atoms with Gasteiger partial charge in [-0.05, 0) is 24.3 Å². The average Bonchev–Trinajstić information content (AvgIpc) is 2.54. The van der Waals surface area contributed by atoms with Gasteiger partial charge in [0.25, 0.3) is 0 Å². The minimum Gasteiger partial charge on any atom is -0.493 e. The number of halogens is 1. The fourth-order valence-electron chi connectivity index (χ4n) is 1.67. The lowest BCUT2D eigenvalue weighted by molar-refractivity contribution is -0.136. The molecule has 0 radical (unpaired) electrons. The van der Waals surface area contributed by atoms with E-state index in [2.05, 4.69) is 0 Å². The Morgan fingerprint density at radius 3 is 2.64 bits per heavy atom. The van der Waals surface area contributed by atoms with E-state index in [1.54, 1.807) is 24.3 Å². The molecule has 0 bridgehead atoms. The van der Waals surface area contributed by atoms with Crippen LogP contribution in [0.5, 0.6) is 17.2 Å². The molecule has 2 aromatic rings. The quantitative estimate of drug-likeness (QED) is 0.625. The summed E-state index contributed by atoms with van der Waals surface area (Å²) in [5.41, 5.74) is 0.406. The van der Waals surface area contributed by atoms with Crippen LogP contribution in [0, 0.1) is 11.3 Å². The van der Waals surface area contributed by atoms with E-state index in [4.69, 9.17) is 31.1 Å². The molecule has 0 aliphatic rings. The van der Waals surface area contributed by atoms with Gasteiger partial charge in [0, 0.05) is 6.07 Å². The lowest BCUT2D eigenvalue weighted by Gasteiger charge is -2.10. The standard InChI is InChI=1S/C16H12ClNO4/c1-20-15-8-11(9-18)6-7-14(15)22-16(19)10-21-13-5-3-2-4-12(13)17/h2-8H,10H2,1H3. The smallest absolute Gasteiger partial charge is 0.349 e. The predicted molar refractivity (Wildman–Crippen MR) is 80.3 cm³/mol. The normalized spacial score (nSPS) is 9.68. The molecular formula is C16H12ClNO4. The van der Waals surface area contributed by atoms with Crippen LogP contribution in [0.4, 0.5) is 0 Å². The van der Waals surface area contributed by atoms with Crippen molar-refractivity contribution in [3.05, 3.63) is 53.1 Å². The van der Waals surface area contributed by atoms with Crippen molar-refractivity contribution >= 4 is 17.6 Å². The van der Waals surface area contributed by atoms with Crippen molar-refractivity contribution in [2.75, 3.05) is 13.7 Å². The Kier molecular flexibility index (Phi) is 5.23. The molecule has 0 unspecified atom stereocenters. The number of nitriles is 1. The van der Waals surface area contributed by atoms with E-state index >= 15 is 0 Å². The number of carbonyl (C=O) groups excluding carboxylic acids is 1. The van der Waals surface area contributed by atoms with Gasteiger partial charge in [-0.2, -0.15) is 5.26 Å². The minimum absolute atomic E-state index is 0.217. The van der Waals surface area contributed by atoms with Gasteiger partial charge < -0.3 is 14.2 Å². The van der Waals surface area contributed by atoms with Crippen molar-refractivity contribution in [1.82, 2.24) is 0 Å². The topological polar surface area (TPSA) is 68.5 Å². The van der Waals surface area contributed by atoms with Gasteiger partial charge in [-0.15, -0.1) is 0 Å². The van der Waals surface area contributed by atoms with Gasteiger partial charge in [-0.25, -0.2) is 4.79 Å². The first-order chi connectivity index (χ1) is 10.6. The van der Waals surface area contributed by atoms with E-state index in [-0.39, 0.29) is 12.4 Å². The Hall–Kier alpha value is -2.71. The van der Waals surface area contributed by atoms with Crippen molar-refractivity contribution in [3.63, 3.8) is 0 Å². The van der Waals surface area contributed by atoms with Gasteiger partial charge >= 0.3 is 5.97 Å². The summed E-state index contributed by atoms with van der Waals surface area (Å²) in [5.74, 6) is 0.301. The van der Waals surface area contributed by atoms with Crippen LogP contribution < -0.4 is 14.2 Å². The molecule has 0 N–H and O–H groups in total. The summed E-state index contributed by atoms with van der Waals surface area (Å²) in [6.07, 6.45) is 0. The number of nitrogens with zero attached hydrogens (tertiary/aromatic N) is 1. The maximum absolute atomic E-state index is 11.8. The summed E-state index contributed by atoms with van der Waals surface area (Å²) in [5, 5.41) is 9.23. The summed E-state index contributed by atoms with van der Waals surface area (Å²) in [4.78, 5) is 11.8. The number of carbonyl (C=O) groups is 1. The van der Waals surface area contributed by atoms with Crippen LogP contribution in [-0.2, 0) is 4.79 Å². The number of hydrogen-bond acceptors (Lipinski definition) is 5. The largest absolute Gasteiger partial charge is 0.493 e. The van der Waals surface area contributed by atoms with E-state index in [1.807, 2.05) is 6.07 Å². The molecule has 2 aromatic carbocycles. The molecule has 0 aliphatic carbocycles. The zero-order valence-corrected chi connectivity index (χ0v) is 12.5. The maximum atomic E-state index is 11.8. The third-order valence-electron chi connectivity index (χ3n) is 2.70. The summed E-state index contributed by atoms with van der Waals surface area (Å²) >= 11 is 5.92. The molecule has 0 fully saturated rings. The predicted octanol–water partition coefficient (Wildman–Crippen LogP) is 3.20. The van der Waals surface area contributed by atoms with Gasteiger partial charge in [0.05, 0.1) is 23.8 Å². The molecule has 6 heteroatoms. The van der Waals surface area contributed by atoms with Crippen molar-refractivity contribution in [3.8, 4) is 23.3 Å². The molecule has 0 heterocycles. The summed E-state index contributed by atoms with van der Waals surface area (Å²) in [6, 6.07) is 13.3. The van der Waals surface area contributed by atoms with E-state index in [0.29, 0.717) is 22.1 Å². The van der Waals surface area contributed by atoms with E-state index < -0.39 is 5.97 Å². The first-order valence-electron chi connectivity index (χ1n) is 6.30. The minimum atomic E-state index is -0.608. The fraction of sp³-hybridized carbons (Fsp3) is 0.125. The Morgan fingerprint density at radius 2 is 1.95 bits per heavy atom. The van der Waals surface area contributed by atoms with Crippen LogP contribution in [0.15, 0.2) is 42.5 Å². The average molecular weight is 318 g/mol. The van der Waals surface area contributed by atoms with Crippen LogP contribution >= 0.6 is 11.6 Å². The molecule has 0 aliphatic heterocycles. The van der Waals surface area contributed by atoms with Crippen LogP contribution in [0.3, 0.4) is 0 Å². The second kappa shape index (κ2) is 7.34. The number of para-hydroxylation sites is 1. The highest BCUT2D eigenvalue weighted by molar-refractivity contribution is 6.32. The zero-order chi connectivity index (χ0) is 15.9. The number of ether oxygens (including phenoxy) is 3. The van der Waals surface area contributed by atoms with Crippen LogP contribution in [0.2, 0.25) is 5.02 Å². The lowest BCUT2D eigenvalue weighted by atomic mass is 10.2. The molecule has 112 valence electrons. The maximum Gasteiger partial charge on any atom is 0.349 e. The lowest BCUT2D eigenvalue weighted by Crippen LogP contribution is -2.18. The van der Waals surface area contributed by atoms with E-state index in [0.717, 1.165) is 0 Å². The molecule has 0 atom stereocenters. The Balaban J connectivity index is 2.01. The Bertz CT molecular complexity index is 724. The molecular weight excluding hydrogens is 306 g/mol. The highest BCUT2D eigenvalue weighted by Gasteiger charge is 2.12. The van der Waals surface area contributed by atoms with Gasteiger partial charge in [0.1, 0.15) is 5.75 Å². The summed E-state index contributed by atoms with van der Waals surface area (Å²) in [6.45, 7) is -0.299. The number of esters is 1. The molecule has 0 saturated heterocycles. The number of methoxy groups -OCH3 is 1. The van der Waals surface area contributed by atoms with Gasteiger partial charge in [-0.3, -0.25) is 0 Å². The van der Waals surface area contributed by atoms with Crippen LogP contribution in [-0.4, -0.2) is 19.7 Å². The summed E-state index contributed by atoms with van der Waals surface area (Å²) in [7, 11) is 1.42. The zero-order valence-electron chi connectivity index (χ0n) is 11.7. The third-order valence-corrected chi connectivity index (χ3v) is 3.01. The second-order valence-corrected chi connectivity index (χ2v) is 4.58. The monoisotopic (exact) mass is 317 g/mol.